The van der Waals surface area contributed by atoms with Crippen LogP contribution in [0.4, 0.5) is 0 Å². The van der Waals surface area contributed by atoms with Crippen LogP contribution in [0.1, 0.15) is 40.4 Å². The van der Waals surface area contributed by atoms with Gasteiger partial charge in [0.2, 0.25) is 0 Å². The molecule has 1 aliphatic heterocycles. The van der Waals surface area contributed by atoms with Crippen molar-refractivity contribution in [2.45, 2.75) is 31.9 Å². The molecule has 0 bridgehead atoms. The highest BCUT2D eigenvalue weighted by molar-refractivity contribution is 7.09. The number of rotatable bonds is 7. The summed E-state index contributed by atoms with van der Waals surface area (Å²) in [6.45, 7) is 2.69. The molecule has 1 N–H and O–H groups in total. The van der Waals surface area contributed by atoms with Gasteiger partial charge in [0.05, 0.1) is 38.5 Å². The van der Waals surface area contributed by atoms with E-state index in [1.807, 2.05) is 17.5 Å². The van der Waals surface area contributed by atoms with Gasteiger partial charge in [0, 0.05) is 11.9 Å². The molecule has 1 amide bonds. The molecule has 1 fully saturated rings. The number of carbonyl (C=O) groups is 1. The first-order valence-corrected chi connectivity index (χ1v) is 10.2. The number of benzene rings is 1. The molecule has 1 saturated heterocycles. The van der Waals surface area contributed by atoms with Crippen LogP contribution in [0.3, 0.4) is 0 Å². The molecule has 0 spiro atoms. The second-order valence-electron chi connectivity index (χ2n) is 6.53. The SMILES string of the molecule is CCCc1nc(C(=O)N2CCO[C@H](CO)[C@H]2c2ccc(OC)c(OC)c2)cs1. The van der Waals surface area contributed by atoms with Crippen molar-refractivity contribution in [1.29, 1.82) is 0 Å². The van der Waals surface area contributed by atoms with Gasteiger partial charge in [-0.15, -0.1) is 11.3 Å². The van der Waals surface area contributed by atoms with Gasteiger partial charge in [-0.05, 0) is 30.5 Å². The van der Waals surface area contributed by atoms with Gasteiger partial charge in [-0.3, -0.25) is 4.79 Å². The predicted molar refractivity (Wildman–Crippen MR) is 106 cm³/mol. The predicted octanol–water partition coefficient (Wildman–Crippen LogP) is 2.69. The Morgan fingerprint density at radius 3 is 2.82 bits per heavy atom. The number of carbonyl (C=O) groups excluding carboxylic acids is 1. The third-order valence-corrected chi connectivity index (χ3v) is 5.69. The Bertz CT molecular complexity index is 810. The van der Waals surface area contributed by atoms with Crippen LogP contribution < -0.4 is 9.47 Å². The van der Waals surface area contributed by atoms with Gasteiger partial charge in [0.15, 0.2) is 11.5 Å². The molecule has 0 saturated carbocycles. The molecule has 1 aromatic heterocycles. The number of amides is 1. The summed E-state index contributed by atoms with van der Waals surface area (Å²) in [6, 6.07) is 5.04. The lowest BCUT2D eigenvalue weighted by Gasteiger charge is -2.40. The molecule has 1 aromatic carbocycles. The van der Waals surface area contributed by atoms with Crippen molar-refractivity contribution in [3.63, 3.8) is 0 Å². The molecule has 8 heteroatoms. The number of nitrogens with zero attached hydrogens (tertiary/aromatic N) is 2. The Balaban J connectivity index is 1.95. The number of ether oxygens (including phenoxy) is 3. The van der Waals surface area contributed by atoms with Crippen LogP contribution in [-0.4, -0.2) is 61.0 Å². The maximum Gasteiger partial charge on any atom is 0.274 e. The van der Waals surface area contributed by atoms with E-state index < -0.39 is 12.1 Å². The zero-order valence-electron chi connectivity index (χ0n) is 16.4. The summed E-state index contributed by atoms with van der Waals surface area (Å²) in [6.07, 6.45) is 1.32. The minimum Gasteiger partial charge on any atom is -0.493 e. The second-order valence-corrected chi connectivity index (χ2v) is 7.47. The van der Waals surface area contributed by atoms with E-state index in [1.165, 1.54) is 11.3 Å². The normalized spacial score (nSPS) is 19.5. The van der Waals surface area contributed by atoms with Crippen LogP contribution in [0.2, 0.25) is 0 Å². The number of aryl methyl sites for hydroxylation is 1. The number of thiazole rings is 1. The number of aromatic nitrogens is 1. The van der Waals surface area contributed by atoms with Crippen molar-refractivity contribution in [3.05, 3.63) is 39.8 Å². The van der Waals surface area contributed by atoms with E-state index in [2.05, 4.69) is 11.9 Å². The van der Waals surface area contributed by atoms with E-state index in [0.29, 0.717) is 30.3 Å². The van der Waals surface area contributed by atoms with E-state index in [-0.39, 0.29) is 12.5 Å². The third-order valence-electron chi connectivity index (χ3n) is 4.78. The smallest absolute Gasteiger partial charge is 0.274 e. The summed E-state index contributed by atoms with van der Waals surface area (Å²) >= 11 is 1.51. The minimum atomic E-state index is -0.524. The number of hydrogen-bond donors (Lipinski definition) is 1. The summed E-state index contributed by atoms with van der Waals surface area (Å²) in [7, 11) is 3.14. The summed E-state index contributed by atoms with van der Waals surface area (Å²) in [4.78, 5) is 19.4. The molecule has 7 nitrogen and oxygen atoms in total. The Kier molecular flexibility index (Phi) is 6.88. The fraction of sp³-hybridized carbons (Fsp3) is 0.500. The first-order chi connectivity index (χ1) is 13.6. The van der Waals surface area contributed by atoms with E-state index in [4.69, 9.17) is 14.2 Å². The van der Waals surface area contributed by atoms with E-state index in [9.17, 15) is 9.90 Å². The maximum atomic E-state index is 13.2. The molecule has 2 atom stereocenters. The van der Waals surface area contributed by atoms with E-state index in [1.54, 1.807) is 25.2 Å². The molecule has 3 rings (SSSR count). The minimum absolute atomic E-state index is 0.153. The molecule has 152 valence electrons. The van der Waals surface area contributed by atoms with E-state index >= 15 is 0 Å². The Morgan fingerprint density at radius 1 is 1.36 bits per heavy atom. The average Bonchev–Trinajstić information content (AvgIpc) is 3.21. The quantitative estimate of drug-likeness (QED) is 0.761. The zero-order valence-corrected chi connectivity index (χ0v) is 17.2. The van der Waals surface area contributed by atoms with Crippen molar-refractivity contribution < 1.29 is 24.1 Å². The molecule has 2 heterocycles. The molecular weight excluding hydrogens is 380 g/mol. The largest absolute Gasteiger partial charge is 0.493 e. The van der Waals surface area contributed by atoms with Crippen LogP contribution in [0.15, 0.2) is 23.6 Å². The molecule has 28 heavy (non-hydrogen) atoms. The van der Waals surface area contributed by atoms with Crippen LogP contribution in [-0.2, 0) is 11.2 Å². The van der Waals surface area contributed by atoms with Gasteiger partial charge in [-0.25, -0.2) is 4.98 Å². The fourth-order valence-corrected chi connectivity index (χ4v) is 4.30. The molecule has 2 aromatic rings. The average molecular weight is 407 g/mol. The zero-order chi connectivity index (χ0) is 20.1. The highest BCUT2D eigenvalue weighted by Crippen LogP contribution is 2.36. The number of morpholine rings is 1. The summed E-state index contributed by atoms with van der Waals surface area (Å²) in [5, 5.41) is 12.6. The number of hydrogen-bond acceptors (Lipinski definition) is 7. The number of aliphatic hydroxyl groups excluding tert-OH is 1. The summed E-state index contributed by atoms with van der Waals surface area (Å²) in [5.41, 5.74) is 1.26. The monoisotopic (exact) mass is 406 g/mol. The van der Waals surface area contributed by atoms with Crippen LogP contribution >= 0.6 is 11.3 Å². The lowest BCUT2D eigenvalue weighted by atomic mass is 9.97. The van der Waals surface area contributed by atoms with Crippen molar-refractivity contribution in [3.8, 4) is 11.5 Å². The molecule has 0 radical (unpaired) electrons. The van der Waals surface area contributed by atoms with Gasteiger partial charge < -0.3 is 24.2 Å². The molecular formula is C20H26N2O5S. The topological polar surface area (TPSA) is 81.1 Å². The Hall–Kier alpha value is -2.16. The fourth-order valence-electron chi connectivity index (χ4n) is 3.43. The highest BCUT2D eigenvalue weighted by atomic mass is 32.1. The molecule has 0 aliphatic carbocycles. The molecule has 0 unspecified atom stereocenters. The third kappa shape index (κ3) is 4.14. The van der Waals surface area contributed by atoms with Crippen LogP contribution in [0, 0.1) is 0 Å². The van der Waals surface area contributed by atoms with Crippen molar-refractivity contribution >= 4 is 17.2 Å². The van der Waals surface area contributed by atoms with Gasteiger partial charge >= 0.3 is 0 Å². The van der Waals surface area contributed by atoms with Crippen molar-refractivity contribution in [2.75, 3.05) is 34.0 Å². The number of methoxy groups -OCH3 is 2. The van der Waals surface area contributed by atoms with Gasteiger partial charge in [0.25, 0.3) is 5.91 Å². The maximum absolute atomic E-state index is 13.2. The van der Waals surface area contributed by atoms with Gasteiger partial charge in [0.1, 0.15) is 11.8 Å². The Morgan fingerprint density at radius 2 is 2.14 bits per heavy atom. The van der Waals surface area contributed by atoms with Gasteiger partial charge in [-0.2, -0.15) is 0 Å². The Labute approximate surface area is 168 Å². The molecule has 1 aliphatic rings. The summed E-state index contributed by atoms with van der Waals surface area (Å²) < 4.78 is 16.5. The van der Waals surface area contributed by atoms with Crippen LogP contribution in [0.5, 0.6) is 11.5 Å². The lowest BCUT2D eigenvalue weighted by molar-refractivity contribution is -0.0812. The standard InChI is InChI=1S/C20H26N2O5S/c1-4-5-18-21-14(12-28-18)20(24)22-8-9-27-17(11-23)19(22)13-6-7-15(25-2)16(10-13)26-3/h6-7,10,12,17,19,23H,4-5,8-9,11H2,1-3H3/t17-,19-/m1/s1. The van der Waals surface area contributed by atoms with Crippen molar-refractivity contribution in [1.82, 2.24) is 9.88 Å². The lowest BCUT2D eigenvalue weighted by Crippen LogP contribution is -2.49. The second kappa shape index (κ2) is 9.36. The highest BCUT2D eigenvalue weighted by Gasteiger charge is 2.37. The van der Waals surface area contributed by atoms with E-state index in [0.717, 1.165) is 23.4 Å². The summed E-state index contributed by atoms with van der Waals surface area (Å²) in [5.74, 6) is 1.01. The number of aliphatic hydroxyl groups is 1. The van der Waals surface area contributed by atoms with Crippen LogP contribution in [0.25, 0.3) is 0 Å². The first kappa shape index (κ1) is 20.6. The van der Waals surface area contributed by atoms with Gasteiger partial charge in [-0.1, -0.05) is 13.0 Å². The first-order valence-electron chi connectivity index (χ1n) is 9.32. The van der Waals surface area contributed by atoms with Crippen molar-refractivity contribution in [2.24, 2.45) is 0 Å².